The number of halogens is 1. The van der Waals surface area contributed by atoms with Crippen LogP contribution < -0.4 is 16.0 Å². The van der Waals surface area contributed by atoms with E-state index in [1.807, 2.05) is 24.3 Å². The number of carbonyl (C=O) groups excluding carboxylic acids is 1. The first-order valence-corrected chi connectivity index (χ1v) is 9.58. The third-order valence-corrected chi connectivity index (χ3v) is 4.97. The second-order valence-corrected chi connectivity index (χ2v) is 7.45. The summed E-state index contributed by atoms with van der Waals surface area (Å²) in [6, 6.07) is 7.62. The number of aliphatic imine (C=N–C) groups is 1. The van der Waals surface area contributed by atoms with E-state index in [9.17, 15) is 4.79 Å². The van der Waals surface area contributed by atoms with E-state index in [2.05, 4.69) is 44.4 Å². The average Bonchev–Trinajstić information content (AvgIpc) is 2.69. The number of hydrogen-bond donors (Lipinski definition) is 3. The summed E-state index contributed by atoms with van der Waals surface area (Å²) < 4.78 is 4.59. The number of methoxy groups -OCH3 is 1. The number of guanidine groups is 1. The molecule has 3 N–H and O–H groups in total. The molecule has 2 rings (SSSR count). The molecule has 1 fully saturated rings. The molecule has 7 nitrogen and oxygen atoms in total. The number of ether oxygens (including phenoxy) is 1. The number of carbonyl (C=O) groups is 1. The number of nitrogens with one attached hydrogen (secondary N) is 3. The number of amides is 1. The van der Waals surface area contributed by atoms with E-state index in [0.717, 1.165) is 18.1 Å². The van der Waals surface area contributed by atoms with Gasteiger partial charge in [-0.05, 0) is 57.5 Å². The van der Waals surface area contributed by atoms with Gasteiger partial charge in [-0.2, -0.15) is 0 Å². The molecule has 0 atom stereocenters. The summed E-state index contributed by atoms with van der Waals surface area (Å²) in [4.78, 5) is 18.1. The summed E-state index contributed by atoms with van der Waals surface area (Å²) in [5.74, 6) is 0.789. The fourth-order valence-electron chi connectivity index (χ4n) is 3.19. The third kappa shape index (κ3) is 7.83. The average molecular weight is 503 g/mol. The molecule has 0 radical (unpaired) electrons. The molecule has 1 amide bonds. The highest BCUT2D eigenvalue weighted by molar-refractivity contribution is 14.0. The minimum atomic E-state index is -0.471. The maximum absolute atomic E-state index is 11.2. The Kier molecular flexibility index (Phi) is 10.6. The molecule has 8 heteroatoms. The van der Waals surface area contributed by atoms with Crippen LogP contribution in [0.25, 0.3) is 0 Å². The van der Waals surface area contributed by atoms with Crippen LogP contribution in [-0.4, -0.2) is 56.3 Å². The fourth-order valence-corrected chi connectivity index (χ4v) is 3.19. The van der Waals surface area contributed by atoms with Gasteiger partial charge in [0, 0.05) is 31.4 Å². The van der Waals surface area contributed by atoms with Crippen LogP contribution in [0.15, 0.2) is 29.3 Å². The first-order chi connectivity index (χ1) is 12.9. The van der Waals surface area contributed by atoms with E-state index in [0.29, 0.717) is 12.2 Å². The lowest BCUT2D eigenvalue weighted by atomic mass is 9.98. The number of nitrogens with zero attached hydrogens (tertiary/aromatic N) is 2. The number of benzene rings is 1. The van der Waals surface area contributed by atoms with Crippen LogP contribution >= 0.6 is 24.0 Å². The molecule has 0 saturated carbocycles. The van der Waals surface area contributed by atoms with Crippen molar-refractivity contribution >= 4 is 41.7 Å². The predicted molar refractivity (Wildman–Crippen MR) is 126 cm³/mol. The van der Waals surface area contributed by atoms with E-state index in [1.165, 1.54) is 39.5 Å². The van der Waals surface area contributed by atoms with Gasteiger partial charge in [-0.3, -0.25) is 15.2 Å². The lowest BCUT2D eigenvalue weighted by Crippen LogP contribution is -2.54. The maximum Gasteiger partial charge on any atom is 0.411 e. The molecule has 1 aliphatic heterocycles. The Balaban J connectivity index is 0.00000392. The molecular formula is C20H34IN5O2. The highest BCUT2D eigenvalue weighted by Crippen LogP contribution is 2.19. The summed E-state index contributed by atoms with van der Waals surface area (Å²) in [5.41, 5.74) is 1.90. The zero-order valence-electron chi connectivity index (χ0n) is 17.4. The van der Waals surface area contributed by atoms with Gasteiger partial charge in [0.25, 0.3) is 0 Å². The molecule has 1 aromatic carbocycles. The number of anilines is 1. The zero-order valence-corrected chi connectivity index (χ0v) is 19.7. The number of hydrogen-bond acceptors (Lipinski definition) is 4. The summed E-state index contributed by atoms with van der Waals surface area (Å²) in [5, 5.41) is 9.43. The summed E-state index contributed by atoms with van der Waals surface area (Å²) in [6.45, 7) is 8.41. The van der Waals surface area contributed by atoms with Crippen molar-refractivity contribution in [1.82, 2.24) is 15.5 Å². The van der Waals surface area contributed by atoms with Gasteiger partial charge >= 0.3 is 6.09 Å². The highest BCUT2D eigenvalue weighted by Gasteiger charge is 2.27. The summed E-state index contributed by atoms with van der Waals surface area (Å²) in [7, 11) is 3.13. The topological polar surface area (TPSA) is 78.0 Å². The van der Waals surface area contributed by atoms with Gasteiger partial charge in [0.15, 0.2) is 5.96 Å². The molecular weight excluding hydrogens is 469 g/mol. The highest BCUT2D eigenvalue weighted by atomic mass is 127. The largest absolute Gasteiger partial charge is 0.453 e. The molecule has 28 heavy (non-hydrogen) atoms. The molecule has 1 heterocycles. The third-order valence-electron chi connectivity index (χ3n) is 4.97. The standard InChI is InChI=1S/C20H33N5O2.HI/c1-20(2,25-12-6-5-7-13-25)15-23-18(21-3)22-14-16-8-10-17(11-9-16)24-19(26)27-4;/h8-11H,5-7,12-15H2,1-4H3,(H,24,26)(H2,21,22,23);1H. The summed E-state index contributed by atoms with van der Waals surface area (Å²) in [6.07, 6.45) is 3.45. The first-order valence-electron chi connectivity index (χ1n) is 9.58. The van der Waals surface area contributed by atoms with Crippen LogP contribution in [0.1, 0.15) is 38.7 Å². The molecule has 0 aromatic heterocycles. The molecule has 158 valence electrons. The van der Waals surface area contributed by atoms with E-state index in [4.69, 9.17) is 0 Å². The Hall–Kier alpha value is -1.55. The van der Waals surface area contributed by atoms with Crippen molar-refractivity contribution in [2.45, 2.75) is 45.2 Å². The van der Waals surface area contributed by atoms with Crippen molar-refractivity contribution in [3.63, 3.8) is 0 Å². The van der Waals surface area contributed by atoms with E-state index in [1.54, 1.807) is 7.05 Å². The van der Waals surface area contributed by atoms with Gasteiger partial charge in [-0.15, -0.1) is 24.0 Å². The Morgan fingerprint density at radius 3 is 2.36 bits per heavy atom. The summed E-state index contributed by atoms with van der Waals surface area (Å²) >= 11 is 0. The zero-order chi connectivity index (χ0) is 19.7. The lowest BCUT2D eigenvalue weighted by Gasteiger charge is -2.41. The van der Waals surface area contributed by atoms with Crippen LogP contribution in [0.5, 0.6) is 0 Å². The minimum absolute atomic E-state index is 0. The Morgan fingerprint density at radius 1 is 1.14 bits per heavy atom. The Morgan fingerprint density at radius 2 is 1.79 bits per heavy atom. The first kappa shape index (κ1) is 24.5. The quantitative estimate of drug-likeness (QED) is 0.315. The minimum Gasteiger partial charge on any atom is -0.453 e. The van der Waals surface area contributed by atoms with Crippen molar-refractivity contribution in [3.05, 3.63) is 29.8 Å². The fraction of sp³-hybridized carbons (Fsp3) is 0.600. The molecule has 0 spiro atoms. The van der Waals surface area contributed by atoms with Gasteiger partial charge in [-0.25, -0.2) is 4.79 Å². The molecule has 0 unspecified atom stereocenters. The van der Waals surface area contributed by atoms with Gasteiger partial charge in [0.1, 0.15) is 0 Å². The van der Waals surface area contributed by atoms with Gasteiger partial charge in [0.2, 0.25) is 0 Å². The Labute approximate surface area is 185 Å². The van der Waals surface area contributed by atoms with Crippen molar-refractivity contribution in [1.29, 1.82) is 0 Å². The van der Waals surface area contributed by atoms with Crippen molar-refractivity contribution < 1.29 is 9.53 Å². The number of piperidine rings is 1. The van der Waals surface area contributed by atoms with Crippen LogP contribution in [-0.2, 0) is 11.3 Å². The van der Waals surface area contributed by atoms with E-state index in [-0.39, 0.29) is 29.5 Å². The van der Waals surface area contributed by atoms with Crippen LogP contribution in [0.3, 0.4) is 0 Å². The van der Waals surface area contributed by atoms with Gasteiger partial charge < -0.3 is 15.4 Å². The second kappa shape index (κ2) is 12.1. The molecule has 0 bridgehead atoms. The monoisotopic (exact) mass is 503 g/mol. The maximum atomic E-state index is 11.2. The Bertz CT molecular complexity index is 628. The number of likely N-dealkylation sites (tertiary alicyclic amines) is 1. The molecule has 0 aliphatic carbocycles. The molecule has 1 saturated heterocycles. The lowest BCUT2D eigenvalue weighted by molar-refractivity contribution is 0.0982. The molecule has 1 aliphatic rings. The van der Waals surface area contributed by atoms with Crippen LogP contribution in [0.2, 0.25) is 0 Å². The smallest absolute Gasteiger partial charge is 0.411 e. The van der Waals surface area contributed by atoms with Crippen LogP contribution in [0.4, 0.5) is 10.5 Å². The van der Waals surface area contributed by atoms with Crippen molar-refractivity contribution in [3.8, 4) is 0 Å². The van der Waals surface area contributed by atoms with Crippen molar-refractivity contribution in [2.24, 2.45) is 4.99 Å². The number of rotatable bonds is 6. The van der Waals surface area contributed by atoms with Gasteiger partial charge in [-0.1, -0.05) is 18.6 Å². The van der Waals surface area contributed by atoms with Crippen LogP contribution in [0, 0.1) is 0 Å². The van der Waals surface area contributed by atoms with Gasteiger partial charge in [0.05, 0.1) is 7.11 Å². The van der Waals surface area contributed by atoms with Crippen molar-refractivity contribution in [2.75, 3.05) is 39.1 Å². The molecule has 1 aromatic rings. The van der Waals surface area contributed by atoms with E-state index >= 15 is 0 Å². The van der Waals surface area contributed by atoms with E-state index < -0.39 is 6.09 Å². The predicted octanol–water partition coefficient (Wildman–Crippen LogP) is 3.41. The normalized spacial score (nSPS) is 15.4. The SMILES string of the molecule is CN=C(NCc1ccc(NC(=O)OC)cc1)NCC(C)(C)N1CCCCC1.I. The second-order valence-electron chi connectivity index (χ2n) is 7.45.